The SMILES string of the molecule is CC1(C)O[C@@H]2C(O[C@@H]3CCCCO3)[C@H]3OC(C)(C)O[C@H]3C(O)[C@H]2O1. The van der Waals surface area contributed by atoms with Crippen molar-refractivity contribution < 1.29 is 33.5 Å². The maximum absolute atomic E-state index is 10.7. The number of ether oxygens (including phenoxy) is 6. The van der Waals surface area contributed by atoms with Crippen molar-refractivity contribution in [1.29, 1.82) is 0 Å². The lowest BCUT2D eigenvalue weighted by Crippen LogP contribution is -2.63. The van der Waals surface area contributed by atoms with E-state index in [1.165, 1.54) is 0 Å². The highest BCUT2D eigenvalue weighted by Gasteiger charge is 2.63. The fraction of sp³-hybridized carbons (Fsp3) is 1.00. The lowest BCUT2D eigenvalue weighted by molar-refractivity contribution is -0.254. The van der Waals surface area contributed by atoms with E-state index in [-0.39, 0.29) is 6.29 Å². The zero-order valence-electron chi connectivity index (χ0n) is 14.8. The minimum Gasteiger partial charge on any atom is -0.387 e. The van der Waals surface area contributed by atoms with E-state index in [4.69, 9.17) is 28.4 Å². The monoisotopic (exact) mass is 344 g/mol. The average Bonchev–Trinajstić information content (AvgIpc) is 3.00. The lowest BCUT2D eigenvalue weighted by Gasteiger charge is -2.42. The second-order valence-electron chi connectivity index (χ2n) is 8.02. The van der Waals surface area contributed by atoms with Crippen molar-refractivity contribution in [3.63, 3.8) is 0 Å². The summed E-state index contributed by atoms with van der Waals surface area (Å²) < 4.78 is 36.0. The van der Waals surface area contributed by atoms with Gasteiger partial charge in [-0.3, -0.25) is 0 Å². The normalized spacial score (nSPS) is 49.6. The summed E-state index contributed by atoms with van der Waals surface area (Å²) in [4.78, 5) is 0. The summed E-state index contributed by atoms with van der Waals surface area (Å²) in [5.41, 5.74) is 0. The van der Waals surface area contributed by atoms with E-state index in [0.29, 0.717) is 6.61 Å². The van der Waals surface area contributed by atoms with Gasteiger partial charge in [0.1, 0.15) is 36.6 Å². The zero-order chi connectivity index (χ0) is 17.1. The molecule has 0 aromatic heterocycles. The van der Waals surface area contributed by atoms with Crippen molar-refractivity contribution in [2.24, 2.45) is 0 Å². The number of rotatable bonds is 2. The molecule has 0 radical (unpaired) electrons. The number of aliphatic hydroxyl groups excluding tert-OH is 1. The van der Waals surface area contributed by atoms with Crippen LogP contribution in [0.15, 0.2) is 0 Å². The molecule has 1 saturated carbocycles. The highest BCUT2D eigenvalue weighted by atomic mass is 16.8. The van der Waals surface area contributed by atoms with Gasteiger partial charge in [-0.1, -0.05) is 0 Å². The molecule has 4 fully saturated rings. The fourth-order valence-corrected chi connectivity index (χ4v) is 4.19. The maximum Gasteiger partial charge on any atom is 0.164 e. The van der Waals surface area contributed by atoms with Crippen LogP contribution in [0, 0.1) is 0 Å². The minimum atomic E-state index is -0.823. The summed E-state index contributed by atoms with van der Waals surface area (Å²) in [6.07, 6.45) is -0.375. The number of hydrogen-bond acceptors (Lipinski definition) is 7. The van der Waals surface area contributed by atoms with Crippen molar-refractivity contribution in [2.75, 3.05) is 6.61 Å². The minimum absolute atomic E-state index is 0.278. The number of fused-ring (bicyclic) bond motifs is 2. The van der Waals surface area contributed by atoms with Crippen molar-refractivity contribution in [2.45, 2.75) is 101 Å². The standard InChI is InChI=1S/C17H28O7/c1-16(2)21-11-10(18)12-15(24-17(3,4)22-12)13(14(11)23-16)20-9-7-5-6-8-19-9/h9-15,18H,5-8H2,1-4H3/t9-,10?,11-,12+,13?,14+,15+/m1/s1. The first-order valence-corrected chi connectivity index (χ1v) is 8.92. The molecule has 3 heterocycles. The van der Waals surface area contributed by atoms with Gasteiger partial charge in [0.05, 0.1) is 0 Å². The maximum atomic E-state index is 10.7. The van der Waals surface area contributed by atoms with E-state index in [9.17, 15) is 5.11 Å². The summed E-state index contributed by atoms with van der Waals surface area (Å²) >= 11 is 0. The van der Waals surface area contributed by atoms with E-state index in [1.807, 2.05) is 27.7 Å². The molecule has 3 saturated heterocycles. The molecule has 1 aliphatic carbocycles. The van der Waals surface area contributed by atoms with Crippen LogP contribution in [-0.4, -0.2) is 66.2 Å². The third-order valence-electron chi connectivity index (χ3n) is 5.09. The molecule has 0 aromatic rings. The van der Waals surface area contributed by atoms with Crippen LogP contribution in [0.25, 0.3) is 0 Å². The Morgan fingerprint density at radius 3 is 1.88 bits per heavy atom. The second kappa shape index (κ2) is 5.87. The zero-order valence-corrected chi connectivity index (χ0v) is 14.8. The van der Waals surface area contributed by atoms with Gasteiger partial charge in [0.25, 0.3) is 0 Å². The van der Waals surface area contributed by atoms with Gasteiger partial charge in [-0.15, -0.1) is 0 Å². The quantitative estimate of drug-likeness (QED) is 0.809. The van der Waals surface area contributed by atoms with Crippen LogP contribution in [0.1, 0.15) is 47.0 Å². The van der Waals surface area contributed by atoms with Gasteiger partial charge in [-0.2, -0.15) is 0 Å². The van der Waals surface area contributed by atoms with Crippen LogP contribution in [0.2, 0.25) is 0 Å². The Labute approximate surface area is 142 Å². The van der Waals surface area contributed by atoms with Crippen LogP contribution in [0.5, 0.6) is 0 Å². The Balaban J connectivity index is 1.60. The molecule has 4 aliphatic rings. The average molecular weight is 344 g/mol. The predicted molar refractivity (Wildman–Crippen MR) is 82.1 cm³/mol. The first-order valence-electron chi connectivity index (χ1n) is 8.92. The third kappa shape index (κ3) is 3.00. The molecule has 0 bridgehead atoms. The summed E-state index contributed by atoms with van der Waals surface area (Å²) in [7, 11) is 0. The van der Waals surface area contributed by atoms with Crippen molar-refractivity contribution in [3.8, 4) is 0 Å². The van der Waals surface area contributed by atoms with Gasteiger partial charge in [0.2, 0.25) is 0 Å². The molecule has 7 heteroatoms. The van der Waals surface area contributed by atoms with Gasteiger partial charge in [-0.05, 0) is 47.0 Å². The molecule has 0 aromatic carbocycles. The number of hydrogen-bond donors (Lipinski definition) is 1. The summed E-state index contributed by atoms with van der Waals surface area (Å²) in [5, 5.41) is 10.7. The van der Waals surface area contributed by atoms with Gasteiger partial charge in [-0.25, -0.2) is 0 Å². The Kier molecular flexibility index (Phi) is 4.20. The Morgan fingerprint density at radius 2 is 1.38 bits per heavy atom. The molecule has 0 spiro atoms. The van der Waals surface area contributed by atoms with Crippen molar-refractivity contribution in [3.05, 3.63) is 0 Å². The number of aliphatic hydroxyl groups is 1. The summed E-state index contributed by atoms with van der Waals surface area (Å²) in [6, 6.07) is 0. The Bertz CT molecular complexity index is 442. The molecule has 138 valence electrons. The van der Waals surface area contributed by atoms with Crippen LogP contribution >= 0.6 is 0 Å². The highest BCUT2D eigenvalue weighted by Crippen LogP contribution is 2.45. The van der Waals surface area contributed by atoms with E-state index >= 15 is 0 Å². The van der Waals surface area contributed by atoms with Gasteiger partial charge in [0, 0.05) is 6.61 Å². The van der Waals surface area contributed by atoms with E-state index in [2.05, 4.69) is 0 Å². The van der Waals surface area contributed by atoms with Crippen molar-refractivity contribution in [1.82, 2.24) is 0 Å². The smallest absolute Gasteiger partial charge is 0.164 e. The molecule has 4 rings (SSSR count). The highest BCUT2D eigenvalue weighted by molar-refractivity contribution is 5.08. The van der Waals surface area contributed by atoms with E-state index in [1.54, 1.807) is 0 Å². The van der Waals surface area contributed by atoms with Gasteiger partial charge < -0.3 is 33.5 Å². The van der Waals surface area contributed by atoms with E-state index < -0.39 is 48.2 Å². The van der Waals surface area contributed by atoms with Gasteiger partial charge >= 0.3 is 0 Å². The molecule has 0 amide bonds. The molecule has 3 aliphatic heterocycles. The largest absolute Gasteiger partial charge is 0.387 e. The Hall–Kier alpha value is -0.280. The first kappa shape index (κ1) is 17.1. The van der Waals surface area contributed by atoms with Crippen LogP contribution in [0.3, 0.4) is 0 Å². The lowest BCUT2D eigenvalue weighted by atomic mass is 9.85. The van der Waals surface area contributed by atoms with Crippen LogP contribution in [-0.2, 0) is 28.4 Å². The molecule has 1 N–H and O–H groups in total. The molecule has 7 atom stereocenters. The van der Waals surface area contributed by atoms with Gasteiger partial charge in [0.15, 0.2) is 17.9 Å². The summed E-state index contributed by atoms with van der Waals surface area (Å²) in [5.74, 6) is -1.56. The molecule has 24 heavy (non-hydrogen) atoms. The van der Waals surface area contributed by atoms with Crippen LogP contribution in [0.4, 0.5) is 0 Å². The topological polar surface area (TPSA) is 75.6 Å². The predicted octanol–water partition coefficient (Wildman–Crippen LogP) is 1.31. The Morgan fingerprint density at radius 1 is 0.833 bits per heavy atom. The molecule has 7 nitrogen and oxygen atoms in total. The third-order valence-corrected chi connectivity index (χ3v) is 5.09. The first-order chi connectivity index (χ1) is 11.3. The molecular weight excluding hydrogens is 316 g/mol. The van der Waals surface area contributed by atoms with Crippen molar-refractivity contribution >= 4 is 0 Å². The van der Waals surface area contributed by atoms with E-state index in [0.717, 1.165) is 19.3 Å². The second-order valence-corrected chi connectivity index (χ2v) is 8.02. The summed E-state index contributed by atoms with van der Waals surface area (Å²) in [6.45, 7) is 8.07. The molecule has 2 unspecified atom stereocenters. The fourth-order valence-electron chi connectivity index (χ4n) is 4.19. The van der Waals surface area contributed by atoms with Crippen LogP contribution < -0.4 is 0 Å². The molecular formula is C17H28O7.